The van der Waals surface area contributed by atoms with Crippen LogP contribution in [0.5, 0.6) is 0 Å². The Balaban J connectivity index is 2.41. The van der Waals surface area contributed by atoms with E-state index in [1.54, 1.807) is 6.07 Å². The van der Waals surface area contributed by atoms with Crippen LogP contribution in [-0.2, 0) is 4.74 Å². The summed E-state index contributed by atoms with van der Waals surface area (Å²) in [5.41, 5.74) is 2.42. The number of benzene rings is 2. The molecular formula is C15H14INO2. The van der Waals surface area contributed by atoms with Gasteiger partial charge in [0.25, 0.3) is 0 Å². The van der Waals surface area contributed by atoms with Crippen molar-refractivity contribution < 1.29 is 9.53 Å². The highest BCUT2D eigenvalue weighted by atomic mass is 127. The van der Waals surface area contributed by atoms with Crippen LogP contribution >= 0.6 is 22.6 Å². The van der Waals surface area contributed by atoms with Crippen LogP contribution in [0, 0.1) is 3.57 Å². The molecule has 0 aromatic heterocycles. The molecule has 2 aromatic carbocycles. The van der Waals surface area contributed by atoms with Gasteiger partial charge in [0.15, 0.2) is 0 Å². The van der Waals surface area contributed by atoms with Crippen LogP contribution in [0.15, 0.2) is 48.5 Å². The Morgan fingerprint density at radius 2 is 1.74 bits per heavy atom. The molecule has 0 aliphatic rings. The number of hydrogen-bond acceptors (Lipinski definition) is 3. The molecule has 0 saturated carbocycles. The van der Waals surface area contributed by atoms with E-state index >= 15 is 0 Å². The molecule has 0 heterocycles. The average Bonchev–Trinajstić information content (AvgIpc) is 2.46. The smallest absolute Gasteiger partial charge is 0.339 e. The van der Waals surface area contributed by atoms with E-state index in [0.717, 1.165) is 11.4 Å². The lowest BCUT2D eigenvalue weighted by Gasteiger charge is -2.21. The summed E-state index contributed by atoms with van der Waals surface area (Å²) in [5.74, 6) is -0.326. The molecule has 98 valence electrons. The van der Waals surface area contributed by atoms with E-state index in [4.69, 9.17) is 4.74 Å². The lowest BCUT2D eigenvalue weighted by atomic mass is 10.1. The zero-order valence-corrected chi connectivity index (χ0v) is 12.9. The van der Waals surface area contributed by atoms with Crippen molar-refractivity contribution in [2.45, 2.75) is 0 Å². The zero-order valence-electron chi connectivity index (χ0n) is 10.8. The summed E-state index contributed by atoms with van der Waals surface area (Å²) in [6.07, 6.45) is 0. The maximum absolute atomic E-state index is 11.8. The molecule has 4 heteroatoms. The second-order valence-electron chi connectivity index (χ2n) is 4.04. The Morgan fingerprint density at radius 3 is 2.37 bits per heavy atom. The Hall–Kier alpha value is -1.56. The maximum atomic E-state index is 11.8. The molecule has 0 unspecified atom stereocenters. The number of anilines is 2. The topological polar surface area (TPSA) is 29.5 Å². The van der Waals surface area contributed by atoms with E-state index in [1.807, 2.05) is 54.4 Å². The number of hydrogen-bond donors (Lipinski definition) is 0. The van der Waals surface area contributed by atoms with Crippen molar-refractivity contribution in [1.29, 1.82) is 0 Å². The summed E-state index contributed by atoms with van der Waals surface area (Å²) in [4.78, 5) is 13.7. The van der Waals surface area contributed by atoms with E-state index in [2.05, 4.69) is 22.6 Å². The number of carbonyl (C=O) groups is 1. The molecule has 3 nitrogen and oxygen atoms in total. The summed E-state index contributed by atoms with van der Waals surface area (Å²) in [7, 11) is 3.33. The molecule has 0 aliphatic heterocycles. The minimum absolute atomic E-state index is 0.326. The Labute approximate surface area is 126 Å². The number of methoxy groups -OCH3 is 1. The third-order valence-electron chi connectivity index (χ3n) is 2.88. The predicted octanol–water partition coefficient (Wildman–Crippen LogP) is 3.85. The first kappa shape index (κ1) is 13.9. The van der Waals surface area contributed by atoms with Crippen LogP contribution in [0.1, 0.15) is 10.4 Å². The quantitative estimate of drug-likeness (QED) is 0.610. The van der Waals surface area contributed by atoms with Gasteiger partial charge in [-0.15, -0.1) is 0 Å². The number of para-hydroxylation sites is 1. The fraction of sp³-hybridized carbons (Fsp3) is 0.133. The molecular weight excluding hydrogens is 353 g/mol. The molecule has 0 amide bonds. The Kier molecular flexibility index (Phi) is 4.42. The van der Waals surface area contributed by atoms with Crippen molar-refractivity contribution in [2.24, 2.45) is 0 Å². The highest BCUT2D eigenvalue weighted by Crippen LogP contribution is 2.27. The molecule has 0 saturated heterocycles. The monoisotopic (exact) mass is 367 g/mol. The van der Waals surface area contributed by atoms with Gasteiger partial charge in [0.2, 0.25) is 0 Å². The van der Waals surface area contributed by atoms with Gasteiger partial charge < -0.3 is 9.64 Å². The lowest BCUT2D eigenvalue weighted by molar-refractivity contribution is 0.0601. The van der Waals surface area contributed by atoms with Gasteiger partial charge in [0, 0.05) is 16.3 Å². The van der Waals surface area contributed by atoms with Gasteiger partial charge in [-0.3, -0.25) is 0 Å². The number of carbonyl (C=O) groups excluding carboxylic acids is 1. The summed E-state index contributed by atoms with van der Waals surface area (Å²) in [5, 5.41) is 0. The van der Waals surface area contributed by atoms with Crippen LogP contribution in [-0.4, -0.2) is 20.1 Å². The minimum atomic E-state index is -0.326. The van der Waals surface area contributed by atoms with Gasteiger partial charge in [-0.05, 0) is 59.0 Å². The summed E-state index contributed by atoms with van der Waals surface area (Å²) < 4.78 is 5.99. The number of ether oxygens (including phenoxy) is 1. The van der Waals surface area contributed by atoms with Crippen LogP contribution < -0.4 is 4.90 Å². The molecule has 0 aliphatic carbocycles. The third kappa shape index (κ3) is 3.07. The van der Waals surface area contributed by atoms with Gasteiger partial charge in [0.1, 0.15) is 0 Å². The minimum Gasteiger partial charge on any atom is -0.465 e. The van der Waals surface area contributed by atoms with Crippen LogP contribution in [0.2, 0.25) is 0 Å². The molecule has 2 aromatic rings. The number of rotatable bonds is 3. The largest absolute Gasteiger partial charge is 0.465 e. The van der Waals surface area contributed by atoms with Crippen molar-refractivity contribution in [2.75, 3.05) is 19.1 Å². The highest BCUT2D eigenvalue weighted by Gasteiger charge is 2.14. The van der Waals surface area contributed by atoms with Crippen molar-refractivity contribution in [3.8, 4) is 0 Å². The van der Waals surface area contributed by atoms with Gasteiger partial charge in [0.05, 0.1) is 18.4 Å². The maximum Gasteiger partial charge on any atom is 0.339 e. The van der Waals surface area contributed by atoms with Crippen molar-refractivity contribution in [3.05, 3.63) is 57.7 Å². The molecule has 0 bridgehead atoms. The van der Waals surface area contributed by atoms with E-state index in [9.17, 15) is 4.79 Å². The number of esters is 1. The molecule has 19 heavy (non-hydrogen) atoms. The Morgan fingerprint density at radius 1 is 1.11 bits per heavy atom. The molecule has 0 spiro atoms. The molecule has 0 radical (unpaired) electrons. The van der Waals surface area contributed by atoms with Gasteiger partial charge in [-0.2, -0.15) is 0 Å². The third-order valence-corrected chi connectivity index (χ3v) is 3.60. The standard InChI is InChI=1S/C15H14INO2/c1-17(12-9-7-11(16)8-10-12)14-6-4-3-5-13(14)15(18)19-2/h3-10H,1-2H3. The van der Waals surface area contributed by atoms with Gasteiger partial charge in [-0.25, -0.2) is 4.79 Å². The van der Waals surface area contributed by atoms with Crippen LogP contribution in [0.25, 0.3) is 0 Å². The fourth-order valence-electron chi connectivity index (χ4n) is 1.85. The van der Waals surface area contributed by atoms with E-state index in [-0.39, 0.29) is 5.97 Å². The number of halogens is 1. The first-order valence-corrected chi connectivity index (χ1v) is 6.88. The van der Waals surface area contributed by atoms with Crippen molar-refractivity contribution in [3.63, 3.8) is 0 Å². The Bertz CT molecular complexity index is 581. The highest BCUT2D eigenvalue weighted by molar-refractivity contribution is 14.1. The summed E-state index contributed by atoms with van der Waals surface area (Å²) in [6.45, 7) is 0. The average molecular weight is 367 g/mol. The van der Waals surface area contributed by atoms with Crippen molar-refractivity contribution >= 4 is 39.9 Å². The number of nitrogens with zero attached hydrogens (tertiary/aromatic N) is 1. The first-order valence-electron chi connectivity index (χ1n) is 5.80. The lowest BCUT2D eigenvalue weighted by Crippen LogP contribution is -2.14. The fourth-order valence-corrected chi connectivity index (χ4v) is 2.21. The van der Waals surface area contributed by atoms with Crippen LogP contribution in [0.4, 0.5) is 11.4 Å². The van der Waals surface area contributed by atoms with Gasteiger partial charge >= 0.3 is 5.97 Å². The second kappa shape index (κ2) is 6.06. The summed E-state index contributed by atoms with van der Waals surface area (Å²) >= 11 is 2.27. The van der Waals surface area contributed by atoms with Gasteiger partial charge in [-0.1, -0.05) is 12.1 Å². The summed E-state index contributed by atoms with van der Waals surface area (Å²) in [6, 6.07) is 15.5. The molecule has 0 N–H and O–H groups in total. The molecule has 0 atom stereocenters. The van der Waals surface area contributed by atoms with Crippen LogP contribution in [0.3, 0.4) is 0 Å². The van der Waals surface area contributed by atoms with E-state index in [1.165, 1.54) is 10.7 Å². The normalized spacial score (nSPS) is 10.1. The molecule has 0 fully saturated rings. The van der Waals surface area contributed by atoms with E-state index < -0.39 is 0 Å². The van der Waals surface area contributed by atoms with Crippen molar-refractivity contribution in [1.82, 2.24) is 0 Å². The predicted molar refractivity (Wildman–Crippen MR) is 85.0 cm³/mol. The first-order chi connectivity index (χ1) is 9.13. The molecule has 2 rings (SSSR count). The zero-order chi connectivity index (χ0) is 13.8. The second-order valence-corrected chi connectivity index (χ2v) is 5.29. The SMILES string of the molecule is COC(=O)c1ccccc1N(C)c1ccc(I)cc1. The van der Waals surface area contributed by atoms with E-state index in [0.29, 0.717) is 5.56 Å².